The largest absolute Gasteiger partial charge is 0.368 e. The molecule has 0 aromatic heterocycles. The maximum Gasteiger partial charge on any atom is 0.234 e. The molecule has 1 rings (SSSR count). The van der Waals surface area contributed by atoms with Crippen molar-refractivity contribution in [3.05, 3.63) is 11.1 Å². The van der Waals surface area contributed by atoms with Crippen LogP contribution in [0.3, 0.4) is 0 Å². The number of hydrogen-bond donors (Lipinski definition) is 2. The first-order valence-corrected chi connectivity index (χ1v) is 3.48. The van der Waals surface area contributed by atoms with E-state index in [-0.39, 0.29) is 11.9 Å². The molecule has 1 aliphatic heterocycles. The van der Waals surface area contributed by atoms with E-state index in [2.05, 4.69) is 5.32 Å². The van der Waals surface area contributed by atoms with E-state index in [1.165, 1.54) is 5.54 Å². The first kappa shape index (κ1) is 7.57. The molecule has 0 saturated carbocycles. The molecule has 1 saturated heterocycles. The fourth-order valence-electron chi connectivity index (χ4n) is 0.945. The Kier molecular flexibility index (Phi) is 2.29. The summed E-state index contributed by atoms with van der Waals surface area (Å²) in [7, 11) is 0. The number of nitrogens with two attached hydrogens (primary N) is 1. The number of carbonyl (C=O) groups is 1. The molecule has 0 spiro atoms. The third-order valence-corrected chi connectivity index (χ3v) is 1.85. The molecule has 1 aliphatic rings. The number of hydrogen-bond acceptors (Lipinski definition) is 2. The highest BCUT2D eigenvalue weighted by Gasteiger charge is 2.22. The average molecular weight is 161 g/mol. The van der Waals surface area contributed by atoms with Crippen LogP contribution in [0.5, 0.6) is 0 Å². The highest BCUT2D eigenvalue weighted by molar-refractivity contribution is 6.25. The van der Waals surface area contributed by atoms with Crippen molar-refractivity contribution < 1.29 is 4.79 Å². The summed E-state index contributed by atoms with van der Waals surface area (Å²) in [6.07, 6.45) is 0.652. The Balaban J connectivity index is 2.51. The quantitative estimate of drug-likeness (QED) is 0.566. The van der Waals surface area contributed by atoms with Gasteiger partial charge in [-0.1, -0.05) is 11.6 Å². The van der Waals surface area contributed by atoms with Crippen molar-refractivity contribution in [2.24, 2.45) is 5.73 Å². The van der Waals surface area contributed by atoms with Crippen LogP contribution in [-0.4, -0.2) is 18.5 Å². The SMILES string of the molecule is NC(=O)C1CC(=CCl)CN1. The smallest absolute Gasteiger partial charge is 0.234 e. The van der Waals surface area contributed by atoms with Crippen molar-refractivity contribution in [1.82, 2.24) is 5.32 Å². The topological polar surface area (TPSA) is 55.1 Å². The minimum Gasteiger partial charge on any atom is -0.368 e. The molecule has 4 heteroatoms. The van der Waals surface area contributed by atoms with E-state index in [1.807, 2.05) is 0 Å². The summed E-state index contributed by atoms with van der Waals surface area (Å²) in [5, 5.41) is 2.93. The van der Waals surface area contributed by atoms with Crippen molar-refractivity contribution in [2.45, 2.75) is 12.5 Å². The number of carbonyl (C=O) groups excluding carboxylic acids is 1. The Morgan fingerprint density at radius 2 is 2.60 bits per heavy atom. The molecule has 0 bridgehead atoms. The second-order valence-corrected chi connectivity index (χ2v) is 2.53. The van der Waals surface area contributed by atoms with Gasteiger partial charge in [-0.3, -0.25) is 4.79 Å². The van der Waals surface area contributed by atoms with Crippen LogP contribution >= 0.6 is 11.6 Å². The maximum absolute atomic E-state index is 10.6. The van der Waals surface area contributed by atoms with Crippen LogP contribution in [0.1, 0.15) is 6.42 Å². The number of amides is 1. The summed E-state index contributed by atoms with van der Waals surface area (Å²) < 4.78 is 0. The molecule has 3 N–H and O–H groups in total. The molecule has 1 unspecified atom stereocenters. The van der Waals surface area contributed by atoms with Gasteiger partial charge in [0.25, 0.3) is 0 Å². The lowest BCUT2D eigenvalue weighted by Gasteiger charge is -2.00. The van der Waals surface area contributed by atoms with Crippen LogP contribution in [0, 0.1) is 0 Å². The molecule has 1 atom stereocenters. The predicted molar refractivity (Wildman–Crippen MR) is 39.5 cm³/mol. The van der Waals surface area contributed by atoms with Crippen molar-refractivity contribution in [3.8, 4) is 0 Å². The molecular formula is C6H9ClN2O. The molecule has 1 fully saturated rings. The van der Waals surface area contributed by atoms with Crippen LogP contribution in [0.25, 0.3) is 0 Å². The summed E-state index contributed by atoms with van der Waals surface area (Å²) in [5.74, 6) is -0.312. The Labute approximate surface area is 64.2 Å². The van der Waals surface area contributed by atoms with Gasteiger partial charge >= 0.3 is 0 Å². The minimum atomic E-state index is -0.312. The van der Waals surface area contributed by atoms with Gasteiger partial charge in [-0.2, -0.15) is 0 Å². The second-order valence-electron chi connectivity index (χ2n) is 2.31. The van der Waals surface area contributed by atoms with Crippen LogP contribution in [-0.2, 0) is 4.79 Å². The van der Waals surface area contributed by atoms with Gasteiger partial charge < -0.3 is 11.1 Å². The summed E-state index contributed by atoms with van der Waals surface area (Å²) in [4.78, 5) is 10.6. The molecule has 56 valence electrons. The maximum atomic E-state index is 10.6. The molecule has 1 amide bonds. The van der Waals surface area contributed by atoms with E-state index in [4.69, 9.17) is 17.3 Å². The van der Waals surface area contributed by atoms with Crippen molar-refractivity contribution in [3.63, 3.8) is 0 Å². The Bertz CT molecular complexity index is 179. The van der Waals surface area contributed by atoms with Crippen LogP contribution < -0.4 is 11.1 Å². The molecule has 0 aromatic rings. The number of primary amides is 1. The van der Waals surface area contributed by atoms with E-state index in [0.717, 1.165) is 5.57 Å². The zero-order valence-electron chi connectivity index (χ0n) is 5.43. The van der Waals surface area contributed by atoms with E-state index in [1.54, 1.807) is 0 Å². The molecule has 1 heterocycles. The van der Waals surface area contributed by atoms with Crippen LogP contribution in [0.4, 0.5) is 0 Å². The third kappa shape index (κ3) is 1.49. The zero-order valence-corrected chi connectivity index (χ0v) is 6.19. The van der Waals surface area contributed by atoms with Gasteiger partial charge in [0, 0.05) is 12.1 Å². The fraction of sp³-hybridized carbons (Fsp3) is 0.500. The molecule has 0 aromatic carbocycles. The Morgan fingerprint density at radius 1 is 1.90 bits per heavy atom. The first-order valence-electron chi connectivity index (χ1n) is 3.05. The van der Waals surface area contributed by atoms with Crippen molar-refractivity contribution >= 4 is 17.5 Å². The van der Waals surface area contributed by atoms with Crippen molar-refractivity contribution in [1.29, 1.82) is 0 Å². The lowest BCUT2D eigenvalue weighted by Crippen LogP contribution is -2.36. The lowest BCUT2D eigenvalue weighted by molar-refractivity contribution is -0.119. The third-order valence-electron chi connectivity index (χ3n) is 1.54. The second kappa shape index (κ2) is 3.03. The highest BCUT2D eigenvalue weighted by Crippen LogP contribution is 2.12. The lowest BCUT2D eigenvalue weighted by atomic mass is 10.2. The Hall–Kier alpha value is -0.540. The van der Waals surface area contributed by atoms with Gasteiger partial charge in [0.1, 0.15) is 0 Å². The van der Waals surface area contributed by atoms with E-state index < -0.39 is 0 Å². The van der Waals surface area contributed by atoms with E-state index in [9.17, 15) is 4.79 Å². The summed E-state index contributed by atoms with van der Waals surface area (Å²) >= 11 is 5.42. The number of halogens is 1. The first-order chi connectivity index (χ1) is 4.74. The minimum absolute atomic E-state index is 0.218. The summed E-state index contributed by atoms with van der Waals surface area (Å²) in [5.41, 5.74) is 7.57. The predicted octanol–water partition coefficient (Wildman–Crippen LogP) is -0.0437. The molecule has 0 radical (unpaired) electrons. The standard InChI is InChI=1S/C6H9ClN2O/c7-2-4-1-5(6(8)10)9-3-4/h2,5,9H,1,3H2,(H2,8,10). The molecule has 10 heavy (non-hydrogen) atoms. The molecule has 0 aliphatic carbocycles. The van der Waals surface area contributed by atoms with Gasteiger partial charge in [0.05, 0.1) is 6.04 Å². The van der Waals surface area contributed by atoms with Gasteiger partial charge in [-0.05, 0) is 12.0 Å². The van der Waals surface area contributed by atoms with Gasteiger partial charge in [0.2, 0.25) is 5.91 Å². The summed E-state index contributed by atoms with van der Waals surface area (Å²) in [6, 6.07) is -0.218. The van der Waals surface area contributed by atoms with Crippen LogP contribution in [0.2, 0.25) is 0 Å². The molecule has 3 nitrogen and oxygen atoms in total. The average Bonchev–Trinajstić information content (AvgIpc) is 2.34. The van der Waals surface area contributed by atoms with E-state index in [0.29, 0.717) is 13.0 Å². The number of nitrogens with one attached hydrogen (secondary N) is 1. The Morgan fingerprint density at radius 3 is 2.90 bits per heavy atom. The normalized spacial score (nSPS) is 29.3. The van der Waals surface area contributed by atoms with E-state index >= 15 is 0 Å². The summed E-state index contributed by atoms with van der Waals surface area (Å²) in [6.45, 7) is 0.678. The molecular weight excluding hydrogens is 152 g/mol. The number of rotatable bonds is 1. The van der Waals surface area contributed by atoms with Gasteiger partial charge in [-0.15, -0.1) is 0 Å². The zero-order chi connectivity index (χ0) is 7.56. The fourth-order valence-corrected chi connectivity index (χ4v) is 1.11. The van der Waals surface area contributed by atoms with Crippen LogP contribution in [0.15, 0.2) is 11.1 Å². The van der Waals surface area contributed by atoms with Crippen molar-refractivity contribution in [2.75, 3.05) is 6.54 Å². The monoisotopic (exact) mass is 160 g/mol. The van der Waals surface area contributed by atoms with Gasteiger partial charge in [0.15, 0.2) is 0 Å². The van der Waals surface area contributed by atoms with Gasteiger partial charge in [-0.25, -0.2) is 0 Å². The highest BCUT2D eigenvalue weighted by atomic mass is 35.5.